The molecule has 0 saturated heterocycles. The van der Waals surface area contributed by atoms with Crippen molar-refractivity contribution in [3.63, 3.8) is 0 Å². The van der Waals surface area contributed by atoms with Crippen molar-refractivity contribution in [2.24, 2.45) is 0 Å². The third kappa shape index (κ3) is 3.91. The zero-order valence-corrected chi connectivity index (χ0v) is 17.8. The number of nitrogens with one attached hydrogen (secondary N) is 2. The molecule has 32 heavy (non-hydrogen) atoms. The van der Waals surface area contributed by atoms with Crippen LogP contribution in [0.5, 0.6) is 0 Å². The molecule has 4 rings (SSSR count). The Kier molecular flexibility index (Phi) is 5.61. The summed E-state index contributed by atoms with van der Waals surface area (Å²) in [5.41, 5.74) is 12.6. The number of anilines is 3. The van der Waals surface area contributed by atoms with Crippen LogP contribution in [0.4, 0.5) is 17.6 Å². The maximum absolute atomic E-state index is 13.4. The third-order valence-corrected chi connectivity index (χ3v) is 5.25. The number of hydrogen-bond acceptors (Lipinski definition) is 9. The van der Waals surface area contributed by atoms with Gasteiger partial charge in [0.1, 0.15) is 23.3 Å². The lowest BCUT2D eigenvalue weighted by molar-refractivity contribution is 0.587. The number of halogens is 1. The normalized spacial score (nSPS) is 11.9. The Morgan fingerprint density at radius 2 is 2.09 bits per heavy atom. The quantitative estimate of drug-likeness (QED) is 0.342. The van der Waals surface area contributed by atoms with Gasteiger partial charge in [0.25, 0.3) is 5.56 Å². The van der Waals surface area contributed by atoms with E-state index in [1.165, 1.54) is 0 Å². The predicted molar refractivity (Wildman–Crippen MR) is 121 cm³/mol. The van der Waals surface area contributed by atoms with Gasteiger partial charge in [0.05, 0.1) is 22.0 Å². The minimum Gasteiger partial charge on any atom is -0.382 e. The second kappa shape index (κ2) is 8.52. The monoisotopic (exact) mass is 450 g/mol. The lowest BCUT2D eigenvalue weighted by atomic mass is 10.2. The van der Waals surface area contributed by atoms with Gasteiger partial charge in [-0.3, -0.25) is 14.5 Å². The van der Waals surface area contributed by atoms with Crippen molar-refractivity contribution in [2.75, 3.05) is 16.8 Å². The van der Waals surface area contributed by atoms with E-state index in [9.17, 15) is 10.1 Å². The summed E-state index contributed by atoms with van der Waals surface area (Å²) in [6.07, 6.45) is 2.17. The lowest BCUT2D eigenvalue weighted by Gasteiger charge is -2.21. The zero-order valence-electron chi connectivity index (χ0n) is 17.0. The van der Waals surface area contributed by atoms with E-state index in [0.29, 0.717) is 34.7 Å². The van der Waals surface area contributed by atoms with Gasteiger partial charge in [0, 0.05) is 24.9 Å². The number of hydrogen-bond donors (Lipinski definition) is 4. The Morgan fingerprint density at radius 3 is 2.81 bits per heavy atom. The Hall–Kier alpha value is -4.17. The highest BCUT2D eigenvalue weighted by Crippen LogP contribution is 2.25. The zero-order chi connectivity index (χ0) is 22.8. The summed E-state index contributed by atoms with van der Waals surface area (Å²) < 4.78 is 1.55. The van der Waals surface area contributed by atoms with Crippen LogP contribution in [0.1, 0.15) is 30.0 Å². The minimum absolute atomic E-state index is 0.0374. The first-order valence-corrected chi connectivity index (χ1v) is 10.0. The van der Waals surface area contributed by atoms with Gasteiger partial charge in [-0.05, 0) is 25.1 Å². The Labute approximate surface area is 187 Å². The van der Waals surface area contributed by atoms with E-state index >= 15 is 0 Å². The highest BCUT2D eigenvalue weighted by atomic mass is 35.5. The fourth-order valence-electron chi connectivity index (χ4n) is 3.42. The predicted octanol–water partition coefficient (Wildman–Crippen LogP) is 2.01. The molecule has 0 fully saturated rings. The molecule has 4 aromatic rings. The molecule has 6 N–H and O–H groups in total. The lowest BCUT2D eigenvalue weighted by Crippen LogP contribution is -2.30. The van der Waals surface area contributed by atoms with Crippen molar-refractivity contribution in [1.82, 2.24) is 29.7 Å². The summed E-state index contributed by atoms with van der Waals surface area (Å²) in [4.78, 5) is 26.0. The van der Waals surface area contributed by atoms with Crippen LogP contribution >= 0.6 is 11.6 Å². The van der Waals surface area contributed by atoms with Crippen LogP contribution in [0.15, 0.2) is 35.3 Å². The second-order valence-corrected chi connectivity index (χ2v) is 7.47. The summed E-state index contributed by atoms with van der Waals surface area (Å²) >= 11 is 6.30. The average Bonchev–Trinajstić information content (AvgIpc) is 3.26. The maximum Gasteiger partial charge on any atom is 0.262 e. The second-order valence-electron chi connectivity index (χ2n) is 7.06. The van der Waals surface area contributed by atoms with Crippen LogP contribution in [0.2, 0.25) is 5.02 Å². The number of nitrogen functional groups attached to an aromatic ring is 2. The molecular formula is C20H19ClN10O. The van der Waals surface area contributed by atoms with E-state index in [1.807, 2.05) is 12.1 Å². The van der Waals surface area contributed by atoms with E-state index in [0.717, 1.165) is 5.69 Å². The molecule has 162 valence electrons. The van der Waals surface area contributed by atoms with Crippen molar-refractivity contribution in [3.05, 3.63) is 62.9 Å². The van der Waals surface area contributed by atoms with E-state index in [-0.39, 0.29) is 28.7 Å². The van der Waals surface area contributed by atoms with Crippen LogP contribution in [0.3, 0.4) is 0 Å². The van der Waals surface area contributed by atoms with Gasteiger partial charge in [-0.2, -0.15) is 20.3 Å². The fraction of sp³-hybridized carbons (Fsp3) is 0.200. The smallest absolute Gasteiger partial charge is 0.262 e. The molecule has 0 bridgehead atoms. The van der Waals surface area contributed by atoms with Crippen LogP contribution in [0, 0.1) is 11.3 Å². The van der Waals surface area contributed by atoms with Crippen molar-refractivity contribution < 1.29 is 0 Å². The van der Waals surface area contributed by atoms with Gasteiger partial charge in [0.2, 0.25) is 5.95 Å². The van der Waals surface area contributed by atoms with Crippen molar-refractivity contribution >= 4 is 40.1 Å². The molecule has 0 amide bonds. The molecule has 0 radical (unpaired) electrons. The molecule has 12 heteroatoms. The van der Waals surface area contributed by atoms with Crippen LogP contribution in [-0.4, -0.2) is 29.7 Å². The topological polar surface area (TPSA) is 177 Å². The maximum atomic E-state index is 13.4. The van der Waals surface area contributed by atoms with Crippen molar-refractivity contribution in [2.45, 2.75) is 25.9 Å². The van der Waals surface area contributed by atoms with Gasteiger partial charge < -0.3 is 16.8 Å². The highest BCUT2D eigenvalue weighted by Gasteiger charge is 2.21. The third-order valence-electron chi connectivity index (χ3n) is 4.93. The number of benzene rings is 1. The average molecular weight is 451 g/mol. The number of nitrogens with zero attached hydrogens (tertiary/aromatic N) is 6. The molecule has 0 unspecified atom stereocenters. The molecule has 3 aromatic heterocycles. The SMILES string of the molecule is C[C@H](Nc1nc(N)nc(N)c1C#N)c1nc2cccc(Cl)c2c(=O)n1CCc1ccn[nH]1. The van der Waals surface area contributed by atoms with Gasteiger partial charge in [0.15, 0.2) is 5.82 Å². The van der Waals surface area contributed by atoms with E-state index in [2.05, 4.69) is 25.5 Å². The number of rotatable bonds is 6. The molecule has 0 spiro atoms. The van der Waals surface area contributed by atoms with Gasteiger partial charge in [-0.25, -0.2) is 4.98 Å². The molecular weight excluding hydrogens is 432 g/mol. The first-order chi connectivity index (χ1) is 15.4. The fourth-order valence-corrected chi connectivity index (χ4v) is 3.67. The molecule has 0 aliphatic rings. The van der Waals surface area contributed by atoms with Crippen molar-refractivity contribution in [1.29, 1.82) is 5.26 Å². The molecule has 0 saturated carbocycles. The number of aromatic nitrogens is 6. The van der Waals surface area contributed by atoms with Crippen LogP contribution < -0.4 is 22.3 Å². The summed E-state index contributed by atoms with van der Waals surface area (Å²) in [7, 11) is 0. The van der Waals surface area contributed by atoms with Crippen LogP contribution in [0.25, 0.3) is 10.9 Å². The summed E-state index contributed by atoms with van der Waals surface area (Å²) in [5, 5.41) is 20.0. The Balaban J connectivity index is 1.81. The van der Waals surface area contributed by atoms with Gasteiger partial charge >= 0.3 is 0 Å². The molecule has 3 heterocycles. The number of H-pyrrole nitrogens is 1. The van der Waals surface area contributed by atoms with E-state index < -0.39 is 6.04 Å². The number of nitriles is 1. The first kappa shape index (κ1) is 21.1. The Morgan fingerprint density at radius 1 is 1.28 bits per heavy atom. The summed E-state index contributed by atoms with van der Waals surface area (Å²) in [6.45, 7) is 2.12. The van der Waals surface area contributed by atoms with Gasteiger partial charge in [-0.1, -0.05) is 17.7 Å². The molecule has 1 atom stereocenters. The summed E-state index contributed by atoms with van der Waals surface area (Å²) in [5.74, 6) is 0.477. The van der Waals surface area contributed by atoms with Crippen molar-refractivity contribution in [3.8, 4) is 6.07 Å². The number of aryl methyl sites for hydroxylation is 1. The van der Waals surface area contributed by atoms with Gasteiger partial charge in [-0.15, -0.1) is 0 Å². The van der Waals surface area contributed by atoms with E-state index in [4.69, 9.17) is 28.1 Å². The Bertz CT molecular complexity index is 1390. The standard InChI is InChI=1S/C20H19ClN10O/c1-10(26-17-12(9-22)16(23)28-20(24)29-17)18-27-14-4-2-3-13(21)15(14)19(32)31(18)8-6-11-5-7-25-30-11/h2-5,7,10H,6,8H2,1H3,(H,25,30)(H5,23,24,26,28,29)/t10-/m0/s1. The summed E-state index contributed by atoms with van der Waals surface area (Å²) in [6, 6.07) is 8.37. The molecule has 0 aliphatic heterocycles. The number of nitrogens with two attached hydrogens (primary N) is 2. The molecule has 1 aromatic carbocycles. The number of fused-ring (bicyclic) bond motifs is 1. The van der Waals surface area contributed by atoms with Crippen LogP contribution in [-0.2, 0) is 13.0 Å². The highest BCUT2D eigenvalue weighted by molar-refractivity contribution is 6.35. The number of aromatic amines is 1. The molecule has 11 nitrogen and oxygen atoms in total. The minimum atomic E-state index is -0.534. The molecule has 0 aliphatic carbocycles. The largest absolute Gasteiger partial charge is 0.382 e. The first-order valence-electron chi connectivity index (χ1n) is 9.66. The van der Waals surface area contributed by atoms with E-state index in [1.54, 1.807) is 35.9 Å².